The number of ether oxygens (including phenoxy) is 1. The third kappa shape index (κ3) is 4.74. The lowest BCUT2D eigenvalue weighted by Crippen LogP contribution is -2.26. The first kappa shape index (κ1) is 24.0. The van der Waals surface area contributed by atoms with Crippen molar-refractivity contribution in [3.8, 4) is 34.8 Å². The quantitative estimate of drug-likeness (QED) is 0.454. The summed E-state index contributed by atoms with van der Waals surface area (Å²) in [5, 5.41) is 24.4. The number of H-pyrrole nitrogens is 1. The smallest absolute Gasteiger partial charge is 0.420 e. The van der Waals surface area contributed by atoms with E-state index in [4.69, 9.17) is 10.00 Å². The van der Waals surface area contributed by atoms with Gasteiger partial charge in [0.15, 0.2) is 5.82 Å². The summed E-state index contributed by atoms with van der Waals surface area (Å²) in [7, 11) is 1.39. The van der Waals surface area contributed by atoms with E-state index < -0.39 is 28.7 Å². The molecule has 36 heavy (non-hydrogen) atoms. The van der Waals surface area contributed by atoms with Crippen LogP contribution in [0.1, 0.15) is 22.5 Å². The molecule has 0 radical (unpaired) electrons. The lowest BCUT2D eigenvalue weighted by molar-refractivity contribution is -0.138. The van der Waals surface area contributed by atoms with Crippen molar-refractivity contribution < 1.29 is 17.9 Å². The van der Waals surface area contributed by atoms with Crippen LogP contribution in [0.2, 0.25) is 0 Å². The zero-order valence-corrected chi connectivity index (χ0v) is 18.5. The summed E-state index contributed by atoms with van der Waals surface area (Å²) >= 11 is 0. The number of nitrogens with zero attached hydrogens (tertiary/aromatic N) is 5. The van der Waals surface area contributed by atoms with Crippen LogP contribution in [-0.4, -0.2) is 19.3 Å². The molecule has 180 valence electrons. The molecule has 2 aromatic carbocycles. The second-order valence-corrected chi connectivity index (χ2v) is 7.64. The second kappa shape index (κ2) is 9.27. The van der Waals surface area contributed by atoms with Crippen LogP contribution >= 0.6 is 0 Å². The van der Waals surface area contributed by atoms with E-state index in [1.54, 1.807) is 24.3 Å². The van der Waals surface area contributed by atoms with Crippen molar-refractivity contribution in [3.63, 3.8) is 0 Å². The van der Waals surface area contributed by atoms with E-state index >= 15 is 0 Å². The average Bonchev–Trinajstić information content (AvgIpc) is 3.17. The molecule has 0 amide bonds. The van der Waals surface area contributed by atoms with Gasteiger partial charge in [-0.1, -0.05) is 12.1 Å². The van der Waals surface area contributed by atoms with Crippen LogP contribution in [0.15, 0.2) is 64.3 Å². The number of rotatable bonds is 5. The summed E-state index contributed by atoms with van der Waals surface area (Å²) in [6, 6.07) is 15.0. The van der Waals surface area contributed by atoms with Crippen molar-refractivity contribution in [3.05, 3.63) is 98.1 Å². The third-order valence-corrected chi connectivity index (χ3v) is 5.31. The standard InChI is InChI=1S/C24H15F3N6O3/c1-32-20(30-31-23(32)35)13-33-7-6-19(24(25,26)27)21(22(33)34)36-18-9-15(12-29)8-17(10-18)16-4-2-14(11-28)3-5-16/h2-10H,13H2,1H3,(H,31,35). The Balaban J connectivity index is 1.81. The largest absolute Gasteiger partial charge is 0.451 e. The number of nitriles is 2. The minimum atomic E-state index is -4.91. The third-order valence-electron chi connectivity index (χ3n) is 5.31. The lowest BCUT2D eigenvalue weighted by Gasteiger charge is -2.16. The van der Waals surface area contributed by atoms with Crippen molar-refractivity contribution in [2.24, 2.45) is 7.05 Å². The first-order chi connectivity index (χ1) is 17.1. The molecule has 12 heteroatoms. The summed E-state index contributed by atoms with van der Waals surface area (Å²) in [5.41, 5.74) is -1.46. The SMILES string of the molecule is Cn1c(Cn2ccc(C(F)(F)F)c(Oc3cc(C#N)cc(-c4ccc(C#N)cc4)c3)c2=O)n[nH]c1=O. The molecule has 0 fully saturated rings. The molecule has 0 atom stereocenters. The number of hydrogen-bond acceptors (Lipinski definition) is 6. The number of halogens is 3. The second-order valence-electron chi connectivity index (χ2n) is 7.64. The number of benzene rings is 2. The molecule has 0 spiro atoms. The highest BCUT2D eigenvalue weighted by Crippen LogP contribution is 2.37. The maximum Gasteiger partial charge on any atom is 0.420 e. The van der Waals surface area contributed by atoms with Gasteiger partial charge in [-0.15, -0.1) is 0 Å². The van der Waals surface area contributed by atoms with Crippen molar-refractivity contribution in [1.29, 1.82) is 10.5 Å². The first-order valence-electron chi connectivity index (χ1n) is 10.2. The van der Waals surface area contributed by atoms with Crippen molar-refractivity contribution in [1.82, 2.24) is 19.3 Å². The van der Waals surface area contributed by atoms with E-state index in [9.17, 15) is 28.0 Å². The highest BCUT2D eigenvalue weighted by molar-refractivity contribution is 5.68. The van der Waals surface area contributed by atoms with Crippen molar-refractivity contribution >= 4 is 0 Å². The fraction of sp³-hybridized carbons (Fsp3) is 0.125. The van der Waals surface area contributed by atoms with Gasteiger partial charge in [0.2, 0.25) is 5.75 Å². The minimum Gasteiger partial charge on any atom is -0.451 e. The molecule has 2 heterocycles. The molecule has 4 rings (SSSR count). The maximum absolute atomic E-state index is 13.7. The highest BCUT2D eigenvalue weighted by atomic mass is 19.4. The minimum absolute atomic E-state index is 0.0863. The first-order valence-corrected chi connectivity index (χ1v) is 10.2. The maximum atomic E-state index is 13.7. The molecule has 0 saturated carbocycles. The fourth-order valence-electron chi connectivity index (χ4n) is 3.42. The van der Waals surface area contributed by atoms with Gasteiger partial charge in [0.25, 0.3) is 5.56 Å². The topological polar surface area (TPSA) is 129 Å². The van der Waals surface area contributed by atoms with Crippen LogP contribution in [0.4, 0.5) is 13.2 Å². The molecular formula is C24H15F3N6O3. The molecule has 1 N–H and O–H groups in total. The lowest BCUT2D eigenvalue weighted by atomic mass is 10.0. The van der Waals surface area contributed by atoms with E-state index in [-0.39, 0.29) is 23.7 Å². The molecule has 0 saturated heterocycles. The van der Waals surface area contributed by atoms with E-state index in [0.717, 1.165) is 15.3 Å². The Bertz CT molecular complexity index is 1650. The summed E-state index contributed by atoms with van der Waals surface area (Å²) in [5.74, 6) is -1.05. The van der Waals surface area contributed by atoms with Gasteiger partial charge >= 0.3 is 11.9 Å². The number of aromatic nitrogens is 4. The van der Waals surface area contributed by atoms with Gasteiger partial charge in [-0.05, 0) is 47.5 Å². The van der Waals surface area contributed by atoms with Gasteiger partial charge in [0, 0.05) is 13.2 Å². The molecule has 0 unspecified atom stereocenters. The van der Waals surface area contributed by atoms with Crippen LogP contribution < -0.4 is 16.0 Å². The summed E-state index contributed by atoms with van der Waals surface area (Å²) in [6.45, 7) is -0.294. The van der Waals surface area contributed by atoms with Crippen LogP contribution in [0.25, 0.3) is 11.1 Å². The predicted molar refractivity (Wildman–Crippen MR) is 120 cm³/mol. The molecule has 0 aliphatic carbocycles. The number of alkyl halides is 3. The van der Waals surface area contributed by atoms with Crippen LogP contribution in [0.5, 0.6) is 11.5 Å². The van der Waals surface area contributed by atoms with Crippen molar-refractivity contribution in [2.75, 3.05) is 0 Å². The van der Waals surface area contributed by atoms with Crippen LogP contribution in [-0.2, 0) is 19.8 Å². The van der Waals surface area contributed by atoms with Crippen LogP contribution in [0.3, 0.4) is 0 Å². The number of aromatic amines is 1. The van der Waals surface area contributed by atoms with Gasteiger partial charge < -0.3 is 9.30 Å². The Morgan fingerprint density at radius 2 is 1.69 bits per heavy atom. The Hall–Kier alpha value is -5.10. The Morgan fingerprint density at radius 3 is 2.28 bits per heavy atom. The Kier molecular flexibility index (Phi) is 6.19. The summed E-state index contributed by atoms with van der Waals surface area (Å²) < 4.78 is 48.8. The van der Waals surface area contributed by atoms with Gasteiger partial charge in [0.05, 0.1) is 29.8 Å². The molecule has 0 aliphatic heterocycles. The van der Waals surface area contributed by atoms with Crippen LogP contribution in [0, 0.1) is 22.7 Å². The van der Waals surface area contributed by atoms with E-state index in [2.05, 4.69) is 10.2 Å². The molecule has 4 aromatic rings. The normalized spacial score (nSPS) is 11.1. The molecular weight excluding hydrogens is 477 g/mol. The Morgan fingerprint density at radius 1 is 1.00 bits per heavy atom. The van der Waals surface area contributed by atoms with Gasteiger partial charge in [-0.3, -0.25) is 9.36 Å². The average molecular weight is 492 g/mol. The summed E-state index contributed by atoms with van der Waals surface area (Å²) in [4.78, 5) is 24.7. The van der Waals surface area contributed by atoms with E-state index in [1.807, 2.05) is 12.1 Å². The predicted octanol–water partition coefficient (Wildman–Crippen LogP) is 3.54. The molecule has 0 aliphatic rings. The fourth-order valence-corrected chi connectivity index (χ4v) is 3.42. The number of hydrogen-bond donors (Lipinski definition) is 1. The zero-order valence-electron chi connectivity index (χ0n) is 18.5. The Labute approximate surface area is 200 Å². The van der Waals surface area contributed by atoms with Gasteiger partial charge in [-0.25, -0.2) is 9.89 Å². The molecule has 0 bridgehead atoms. The highest BCUT2D eigenvalue weighted by Gasteiger charge is 2.36. The van der Waals surface area contributed by atoms with Gasteiger partial charge in [0.1, 0.15) is 11.3 Å². The number of nitrogens with one attached hydrogen (secondary N) is 1. The summed E-state index contributed by atoms with van der Waals surface area (Å²) in [6.07, 6.45) is -3.97. The van der Waals surface area contributed by atoms with E-state index in [0.29, 0.717) is 22.8 Å². The molecule has 2 aromatic heterocycles. The zero-order chi connectivity index (χ0) is 26.0. The van der Waals surface area contributed by atoms with Crippen molar-refractivity contribution in [2.45, 2.75) is 12.7 Å². The molecule has 9 nitrogen and oxygen atoms in total. The monoisotopic (exact) mass is 492 g/mol. The number of pyridine rings is 1. The van der Waals surface area contributed by atoms with Gasteiger partial charge in [-0.2, -0.15) is 28.8 Å². The van der Waals surface area contributed by atoms with E-state index in [1.165, 1.54) is 25.2 Å².